The van der Waals surface area contributed by atoms with Crippen LogP contribution >= 0.6 is 0 Å². The standard InChI is InChI=1S/C22H20F4N4O3/c1-3-30(14(2)13-32-18-9-8-15(12-29-18)33-22(24,25)26)21(31)16-6-4-7-17(23)19(16)20-27-10-5-11-28-20/h4-12,14H,3,13H2,1-2H3/t14-/m0/s1. The molecule has 33 heavy (non-hydrogen) atoms. The quantitative estimate of drug-likeness (QED) is 0.457. The molecule has 3 aromatic rings. The molecule has 7 nitrogen and oxygen atoms in total. The molecule has 1 amide bonds. The number of ether oxygens (including phenoxy) is 2. The Morgan fingerprint density at radius 2 is 1.82 bits per heavy atom. The number of rotatable bonds is 8. The number of alkyl halides is 3. The number of benzene rings is 1. The first kappa shape index (κ1) is 23.9. The average Bonchev–Trinajstić information content (AvgIpc) is 2.78. The highest BCUT2D eigenvalue weighted by Crippen LogP contribution is 2.26. The van der Waals surface area contributed by atoms with Gasteiger partial charge in [-0.3, -0.25) is 4.79 Å². The molecule has 0 aliphatic carbocycles. The van der Waals surface area contributed by atoms with Crippen LogP contribution in [-0.4, -0.2) is 51.3 Å². The molecule has 11 heteroatoms. The van der Waals surface area contributed by atoms with E-state index in [4.69, 9.17) is 4.74 Å². The number of likely N-dealkylation sites (N-methyl/N-ethyl adjacent to an activating group) is 1. The molecule has 2 heterocycles. The molecule has 3 rings (SSSR count). The smallest absolute Gasteiger partial charge is 0.475 e. The zero-order valence-corrected chi connectivity index (χ0v) is 17.7. The maximum Gasteiger partial charge on any atom is 0.573 e. The fourth-order valence-electron chi connectivity index (χ4n) is 3.11. The minimum atomic E-state index is -4.82. The highest BCUT2D eigenvalue weighted by molar-refractivity contribution is 6.00. The zero-order valence-electron chi connectivity index (χ0n) is 17.7. The number of nitrogens with zero attached hydrogens (tertiary/aromatic N) is 4. The molecule has 0 saturated heterocycles. The number of carbonyl (C=O) groups excluding carboxylic acids is 1. The van der Waals surface area contributed by atoms with E-state index in [1.807, 2.05) is 0 Å². The van der Waals surface area contributed by atoms with Crippen LogP contribution in [0.15, 0.2) is 55.0 Å². The van der Waals surface area contributed by atoms with Gasteiger partial charge in [0, 0.05) is 25.0 Å². The lowest BCUT2D eigenvalue weighted by molar-refractivity contribution is -0.274. The van der Waals surface area contributed by atoms with Gasteiger partial charge in [-0.15, -0.1) is 13.2 Å². The van der Waals surface area contributed by atoms with E-state index in [-0.39, 0.29) is 29.4 Å². The van der Waals surface area contributed by atoms with Crippen LogP contribution in [0.4, 0.5) is 17.6 Å². The molecule has 0 unspecified atom stereocenters. The van der Waals surface area contributed by atoms with Gasteiger partial charge >= 0.3 is 6.36 Å². The number of pyridine rings is 1. The van der Waals surface area contributed by atoms with Crippen molar-refractivity contribution in [3.63, 3.8) is 0 Å². The minimum absolute atomic E-state index is 0.00145. The summed E-state index contributed by atoms with van der Waals surface area (Å²) < 4.78 is 60.6. The van der Waals surface area contributed by atoms with Gasteiger partial charge in [0.25, 0.3) is 5.91 Å². The van der Waals surface area contributed by atoms with E-state index in [0.29, 0.717) is 6.54 Å². The van der Waals surface area contributed by atoms with Crippen molar-refractivity contribution in [1.82, 2.24) is 19.9 Å². The highest BCUT2D eigenvalue weighted by atomic mass is 19.4. The van der Waals surface area contributed by atoms with Crippen LogP contribution in [-0.2, 0) is 0 Å². The summed E-state index contributed by atoms with van der Waals surface area (Å²) in [5, 5.41) is 0. The van der Waals surface area contributed by atoms with Crippen LogP contribution in [0.25, 0.3) is 11.4 Å². The number of aromatic nitrogens is 3. The van der Waals surface area contributed by atoms with Gasteiger partial charge in [-0.05, 0) is 38.1 Å². The average molecular weight is 464 g/mol. The summed E-state index contributed by atoms with van der Waals surface area (Å²) in [4.78, 5) is 26.6. The van der Waals surface area contributed by atoms with E-state index >= 15 is 0 Å². The van der Waals surface area contributed by atoms with Crippen LogP contribution in [0.1, 0.15) is 24.2 Å². The molecule has 0 N–H and O–H groups in total. The van der Waals surface area contributed by atoms with Crippen molar-refractivity contribution < 1.29 is 31.8 Å². The van der Waals surface area contributed by atoms with E-state index in [1.165, 1.54) is 41.6 Å². The first-order chi connectivity index (χ1) is 15.7. The Kier molecular flexibility index (Phi) is 7.41. The number of hydrogen-bond acceptors (Lipinski definition) is 6. The third-order valence-electron chi connectivity index (χ3n) is 4.58. The normalized spacial score (nSPS) is 12.2. The third kappa shape index (κ3) is 6.15. The Labute approximate surface area is 187 Å². The second-order valence-corrected chi connectivity index (χ2v) is 6.87. The Morgan fingerprint density at radius 3 is 2.42 bits per heavy atom. The van der Waals surface area contributed by atoms with E-state index in [0.717, 1.165) is 12.3 Å². The monoisotopic (exact) mass is 464 g/mol. The lowest BCUT2D eigenvalue weighted by atomic mass is 10.0. The van der Waals surface area contributed by atoms with Crippen molar-refractivity contribution in [2.24, 2.45) is 0 Å². The van der Waals surface area contributed by atoms with Gasteiger partial charge < -0.3 is 14.4 Å². The molecule has 0 aliphatic rings. The molecule has 1 aromatic carbocycles. The van der Waals surface area contributed by atoms with Crippen LogP contribution in [0.3, 0.4) is 0 Å². The number of hydrogen-bond donors (Lipinski definition) is 0. The van der Waals surface area contributed by atoms with E-state index in [9.17, 15) is 22.4 Å². The topological polar surface area (TPSA) is 77.4 Å². The number of carbonyl (C=O) groups is 1. The Bertz CT molecular complexity index is 1080. The summed E-state index contributed by atoms with van der Waals surface area (Å²) >= 11 is 0. The molecule has 0 radical (unpaired) electrons. The highest BCUT2D eigenvalue weighted by Gasteiger charge is 2.31. The molecular formula is C22H20F4N4O3. The second kappa shape index (κ2) is 10.2. The van der Waals surface area contributed by atoms with Gasteiger partial charge in [-0.2, -0.15) is 0 Å². The van der Waals surface area contributed by atoms with Crippen molar-refractivity contribution in [2.75, 3.05) is 13.2 Å². The molecule has 0 spiro atoms. The SMILES string of the molecule is CCN(C(=O)c1cccc(F)c1-c1ncccn1)[C@@H](C)COc1ccc(OC(F)(F)F)cn1. The minimum Gasteiger partial charge on any atom is -0.475 e. The van der Waals surface area contributed by atoms with Crippen molar-refractivity contribution in [3.05, 3.63) is 66.4 Å². The number of amides is 1. The van der Waals surface area contributed by atoms with Crippen molar-refractivity contribution >= 4 is 5.91 Å². The van der Waals surface area contributed by atoms with Gasteiger partial charge in [0.1, 0.15) is 18.2 Å². The molecule has 1 atom stereocenters. The van der Waals surface area contributed by atoms with Gasteiger partial charge in [0.05, 0.1) is 23.4 Å². The Morgan fingerprint density at radius 1 is 1.09 bits per heavy atom. The summed E-state index contributed by atoms with van der Waals surface area (Å²) in [6, 6.07) is 7.56. The van der Waals surface area contributed by atoms with Crippen LogP contribution in [0.2, 0.25) is 0 Å². The first-order valence-corrected chi connectivity index (χ1v) is 9.91. The lowest BCUT2D eigenvalue weighted by Gasteiger charge is -2.28. The summed E-state index contributed by atoms with van der Waals surface area (Å²) in [7, 11) is 0. The van der Waals surface area contributed by atoms with Gasteiger partial charge in [0.15, 0.2) is 5.82 Å². The molecule has 0 saturated carbocycles. The molecule has 0 bridgehead atoms. The maximum atomic E-state index is 14.6. The summed E-state index contributed by atoms with van der Waals surface area (Å²) in [5.74, 6) is -1.40. The lowest BCUT2D eigenvalue weighted by Crippen LogP contribution is -2.42. The van der Waals surface area contributed by atoms with E-state index in [1.54, 1.807) is 19.9 Å². The van der Waals surface area contributed by atoms with Crippen LogP contribution < -0.4 is 9.47 Å². The van der Waals surface area contributed by atoms with E-state index < -0.39 is 29.9 Å². The maximum absolute atomic E-state index is 14.6. The summed E-state index contributed by atoms with van der Waals surface area (Å²) in [6.07, 6.45) is -1.03. The van der Waals surface area contributed by atoms with Crippen LogP contribution in [0, 0.1) is 5.82 Å². The van der Waals surface area contributed by atoms with Crippen molar-refractivity contribution in [3.8, 4) is 23.0 Å². The van der Waals surface area contributed by atoms with E-state index in [2.05, 4.69) is 19.7 Å². The number of halogens is 4. The predicted molar refractivity (Wildman–Crippen MR) is 110 cm³/mol. The van der Waals surface area contributed by atoms with Gasteiger partial charge in [0.2, 0.25) is 5.88 Å². The third-order valence-corrected chi connectivity index (χ3v) is 4.58. The molecule has 0 aliphatic heterocycles. The Balaban J connectivity index is 1.73. The molecule has 0 fully saturated rings. The van der Waals surface area contributed by atoms with Crippen molar-refractivity contribution in [2.45, 2.75) is 26.3 Å². The zero-order chi connectivity index (χ0) is 24.0. The fraction of sp³-hybridized carbons (Fsp3) is 0.273. The second-order valence-electron chi connectivity index (χ2n) is 6.87. The fourth-order valence-corrected chi connectivity index (χ4v) is 3.11. The Hall–Kier alpha value is -3.76. The molecule has 2 aromatic heterocycles. The van der Waals surface area contributed by atoms with Crippen LogP contribution in [0.5, 0.6) is 11.6 Å². The largest absolute Gasteiger partial charge is 0.573 e. The van der Waals surface area contributed by atoms with Gasteiger partial charge in [-0.25, -0.2) is 19.3 Å². The van der Waals surface area contributed by atoms with Crippen molar-refractivity contribution in [1.29, 1.82) is 0 Å². The van der Waals surface area contributed by atoms with Gasteiger partial charge in [-0.1, -0.05) is 6.07 Å². The summed E-state index contributed by atoms with van der Waals surface area (Å²) in [5.41, 5.74) is 0.0956. The molecular weight excluding hydrogens is 444 g/mol. The predicted octanol–water partition coefficient (Wildman–Crippen LogP) is 4.51. The summed E-state index contributed by atoms with van der Waals surface area (Å²) in [6.45, 7) is 3.77. The first-order valence-electron chi connectivity index (χ1n) is 9.91. The molecule has 174 valence electrons.